The lowest BCUT2D eigenvalue weighted by Gasteiger charge is -2.32. The van der Waals surface area contributed by atoms with E-state index < -0.39 is 10.0 Å². The molecule has 0 spiro atoms. The molecule has 0 aliphatic carbocycles. The lowest BCUT2D eigenvalue weighted by molar-refractivity contribution is 0.0747. The van der Waals surface area contributed by atoms with E-state index >= 15 is 0 Å². The van der Waals surface area contributed by atoms with Gasteiger partial charge in [0.25, 0.3) is 11.5 Å². The Morgan fingerprint density at radius 3 is 2.71 bits per heavy atom. The van der Waals surface area contributed by atoms with E-state index in [0.29, 0.717) is 40.9 Å². The number of amides is 1. The van der Waals surface area contributed by atoms with Crippen LogP contribution in [0, 0.1) is 6.92 Å². The standard InChI is InChI=1S/C25H30N4O4S/c1-4-28(16-23-26-22-11-6-5-10-20(22)24(30)27-23)25(31)21-15-19(13-12-17(21)2)34(32,33)29-14-8-7-9-18(29)3/h5-6,10-13,15,18H,4,7-9,14,16H2,1-3H3,(H,26,27,30). The van der Waals surface area contributed by atoms with Crippen LogP contribution in [0.4, 0.5) is 0 Å². The molecule has 1 aliphatic heterocycles. The lowest BCUT2D eigenvalue weighted by atomic mass is 10.1. The van der Waals surface area contributed by atoms with Gasteiger partial charge >= 0.3 is 0 Å². The van der Waals surface area contributed by atoms with Gasteiger partial charge < -0.3 is 9.88 Å². The van der Waals surface area contributed by atoms with Crippen LogP contribution in [0.2, 0.25) is 0 Å². The number of nitrogens with one attached hydrogen (secondary N) is 1. The van der Waals surface area contributed by atoms with Crippen molar-refractivity contribution < 1.29 is 13.2 Å². The molecular weight excluding hydrogens is 452 g/mol. The van der Waals surface area contributed by atoms with Crippen molar-refractivity contribution in [3.8, 4) is 0 Å². The summed E-state index contributed by atoms with van der Waals surface area (Å²) in [4.78, 5) is 34.8. The van der Waals surface area contributed by atoms with Crippen LogP contribution in [0.1, 0.15) is 54.9 Å². The van der Waals surface area contributed by atoms with E-state index in [1.165, 1.54) is 10.4 Å². The lowest BCUT2D eigenvalue weighted by Crippen LogP contribution is -2.42. The van der Waals surface area contributed by atoms with Crippen molar-refractivity contribution >= 4 is 26.8 Å². The second kappa shape index (κ2) is 9.68. The zero-order chi connectivity index (χ0) is 24.5. The van der Waals surface area contributed by atoms with E-state index in [-0.39, 0.29) is 28.9 Å². The van der Waals surface area contributed by atoms with Gasteiger partial charge in [-0.15, -0.1) is 0 Å². The van der Waals surface area contributed by atoms with Crippen molar-refractivity contribution in [1.82, 2.24) is 19.2 Å². The van der Waals surface area contributed by atoms with Crippen molar-refractivity contribution in [1.29, 1.82) is 0 Å². The molecule has 0 radical (unpaired) electrons. The fourth-order valence-electron chi connectivity index (χ4n) is 4.44. The Hall–Kier alpha value is -3.04. The Bertz CT molecular complexity index is 1380. The third kappa shape index (κ3) is 4.63. The highest BCUT2D eigenvalue weighted by molar-refractivity contribution is 7.89. The molecule has 34 heavy (non-hydrogen) atoms. The summed E-state index contributed by atoms with van der Waals surface area (Å²) in [5, 5.41) is 0.487. The van der Waals surface area contributed by atoms with Crippen LogP contribution < -0.4 is 5.56 Å². The summed E-state index contributed by atoms with van der Waals surface area (Å²) in [5.41, 5.74) is 1.32. The summed E-state index contributed by atoms with van der Waals surface area (Å²) in [5.74, 6) is 0.0713. The Morgan fingerprint density at radius 2 is 1.97 bits per heavy atom. The first-order chi connectivity index (χ1) is 16.2. The first kappa shape index (κ1) is 24.1. The molecule has 1 amide bonds. The number of hydrogen-bond acceptors (Lipinski definition) is 5. The van der Waals surface area contributed by atoms with E-state index in [9.17, 15) is 18.0 Å². The van der Waals surface area contributed by atoms with Crippen LogP contribution in [0.3, 0.4) is 0 Å². The number of aromatic amines is 1. The van der Waals surface area contributed by atoms with Crippen LogP contribution in [0.25, 0.3) is 10.9 Å². The van der Waals surface area contributed by atoms with Gasteiger partial charge in [0.1, 0.15) is 5.82 Å². The van der Waals surface area contributed by atoms with Crippen LogP contribution in [-0.4, -0.2) is 52.6 Å². The van der Waals surface area contributed by atoms with E-state index in [0.717, 1.165) is 19.3 Å². The van der Waals surface area contributed by atoms with Gasteiger partial charge in [0, 0.05) is 24.7 Å². The summed E-state index contributed by atoms with van der Waals surface area (Å²) in [7, 11) is -3.70. The Morgan fingerprint density at radius 1 is 1.21 bits per heavy atom. The number of H-pyrrole nitrogens is 1. The third-order valence-corrected chi connectivity index (χ3v) is 8.47. The third-order valence-electron chi connectivity index (χ3n) is 6.46. The molecule has 1 aromatic heterocycles. The number of carbonyl (C=O) groups is 1. The first-order valence-electron chi connectivity index (χ1n) is 11.6. The molecule has 3 aromatic rings. The molecule has 1 aliphatic rings. The SMILES string of the molecule is CCN(Cc1nc2ccccc2c(=O)[nH]1)C(=O)c1cc(S(=O)(=O)N2CCCCC2C)ccc1C. The number of fused-ring (bicyclic) bond motifs is 1. The molecule has 2 heterocycles. The minimum absolute atomic E-state index is 0.0675. The summed E-state index contributed by atoms with van der Waals surface area (Å²) in [6.45, 7) is 6.51. The van der Waals surface area contributed by atoms with Gasteiger partial charge in [0.05, 0.1) is 22.3 Å². The molecule has 180 valence electrons. The highest BCUT2D eigenvalue weighted by Gasteiger charge is 2.32. The molecule has 1 unspecified atom stereocenters. The topological polar surface area (TPSA) is 103 Å². The zero-order valence-corrected chi connectivity index (χ0v) is 20.6. The van der Waals surface area contributed by atoms with Crippen LogP contribution in [0.5, 0.6) is 0 Å². The summed E-state index contributed by atoms with van der Waals surface area (Å²) in [6.07, 6.45) is 2.68. The normalized spacial score (nSPS) is 17.1. The van der Waals surface area contributed by atoms with Gasteiger partial charge in [-0.2, -0.15) is 4.31 Å². The molecule has 4 rings (SSSR count). The van der Waals surface area contributed by atoms with E-state index in [4.69, 9.17) is 0 Å². The van der Waals surface area contributed by atoms with Gasteiger partial charge in [-0.25, -0.2) is 13.4 Å². The van der Waals surface area contributed by atoms with Crippen molar-refractivity contribution in [3.05, 3.63) is 69.8 Å². The Balaban J connectivity index is 1.64. The van der Waals surface area contributed by atoms with Gasteiger partial charge in [-0.05, 0) is 63.4 Å². The molecule has 1 N–H and O–H groups in total. The van der Waals surface area contributed by atoms with Gasteiger partial charge in [0.2, 0.25) is 10.0 Å². The summed E-state index contributed by atoms with van der Waals surface area (Å²) in [6, 6.07) is 11.7. The highest BCUT2D eigenvalue weighted by Crippen LogP contribution is 2.27. The number of hydrogen-bond donors (Lipinski definition) is 1. The maximum Gasteiger partial charge on any atom is 0.258 e. The maximum absolute atomic E-state index is 13.5. The number of benzene rings is 2. The number of sulfonamides is 1. The molecule has 1 fully saturated rings. The minimum atomic E-state index is -3.70. The fourth-order valence-corrected chi connectivity index (χ4v) is 6.17. The van der Waals surface area contributed by atoms with Crippen molar-refractivity contribution in [2.45, 2.75) is 57.5 Å². The zero-order valence-electron chi connectivity index (χ0n) is 19.7. The Labute approximate surface area is 199 Å². The number of aryl methyl sites for hydroxylation is 1. The van der Waals surface area contributed by atoms with Crippen molar-refractivity contribution in [2.24, 2.45) is 0 Å². The molecular formula is C25H30N4O4S. The summed E-state index contributed by atoms with van der Waals surface area (Å²) < 4.78 is 28.2. The average molecular weight is 483 g/mol. The maximum atomic E-state index is 13.5. The second-order valence-electron chi connectivity index (χ2n) is 8.79. The summed E-state index contributed by atoms with van der Waals surface area (Å²) >= 11 is 0. The number of nitrogens with zero attached hydrogens (tertiary/aromatic N) is 3. The monoisotopic (exact) mass is 482 g/mol. The molecule has 2 aromatic carbocycles. The quantitative estimate of drug-likeness (QED) is 0.580. The van der Waals surface area contributed by atoms with Crippen LogP contribution in [0.15, 0.2) is 52.2 Å². The molecule has 1 atom stereocenters. The van der Waals surface area contributed by atoms with Gasteiger partial charge in [0.15, 0.2) is 0 Å². The largest absolute Gasteiger partial charge is 0.331 e. The van der Waals surface area contributed by atoms with Crippen LogP contribution >= 0.6 is 0 Å². The number of carbonyl (C=O) groups excluding carboxylic acids is 1. The van der Waals surface area contributed by atoms with E-state index in [2.05, 4.69) is 9.97 Å². The smallest absolute Gasteiger partial charge is 0.258 e. The van der Waals surface area contributed by atoms with Crippen LogP contribution in [-0.2, 0) is 16.6 Å². The number of aromatic nitrogens is 2. The van der Waals surface area contributed by atoms with Gasteiger partial charge in [-0.3, -0.25) is 9.59 Å². The predicted molar refractivity (Wildman–Crippen MR) is 131 cm³/mol. The first-order valence-corrected chi connectivity index (χ1v) is 13.1. The fraction of sp³-hybridized carbons (Fsp3) is 0.400. The van der Waals surface area contributed by atoms with Crippen molar-refractivity contribution in [3.63, 3.8) is 0 Å². The number of rotatable bonds is 6. The Kier molecular flexibility index (Phi) is 6.86. The van der Waals surface area contributed by atoms with Gasteiger partial charge in [-0.1, -0.05) is 24.6 Å². The minimum Gasteiger partial charge on any atom is -0.331 e. The molecule has 1 saturated heterocycles. The molecule has 8 nitrogen and oxygen atoms in total. The highest BCUT2D eigenvalue weighted by atomic mass is 32.2. The predicted octanol–water partition coefficient (Wildman–Crippen LogP) is 3.46. The molecule has 0 bridgehead atoms. The number of piperidine rings is 1. The molecule has 0 saturated carbocycles. The van der Waals surface area contributed by atoms with E-state index in [1.807, 2.05) is 13.8 Å². The van der Waals surface area contributed by atoms with E-state index in [1.54, 1.807) is 48.2 Å². The number of para-hydroxylation sites is 1. The molecule has 9 heteroatoms. The average Bonchev–Trinajstić information content (AvgIpc) is 2.82. The second-order valence-corrected chi connectivity index (χ2v) is 10.7. The van der Waals surface area contributed by atoms with Crippen molar-refractivity contribution in [2.75, 3.05) is 13.1 Å².